The first-order valence-electron chi connectivity index (χ1n) is 6.10. The van der Waals surface area contributed by atoms with Gasteiger partial charge in [0.15, 0.2) is 11.9 Å². The van der Waals surface area contributed by atoms with Crippen molar-refractivity contribution in [3.8, 4) is 0 Å². The molecule has 0 fully saturated rings. The third-order valence-electron chi connectivity index (χ3n) is 3.36. The van der Waals surface area contributed by atoms with E-state index in [1.807, 2.05) is 0 Å². The molecule has 0 aliphatic heterocycles. The first-order chi connectivity index (χ1) is 9.95. The first-order valence-corrected chi connectivity index (χ1v) is 6.10. The number of fused-ring (bicyclic) bond motifs is 1. The summed E-state index contributed by atoms with van der Waals surface area (Å²) >= 11 is 0. The van der Waals surface area contributed by atoms with Crippen molar-refractivity contribution >= 4 is 0 Å². The van der Waals surface area contributed by atoms with Crippen LogP contribution in [-0.2, 0) is 19.1 Å². The molecule has 0 amide bonds. The van der Waals surface area contributed by atoms with Crippen molar-refractivity contribution in [3.63, 3.8) is 0 Å². The van der Waals surface area contributed by atoms with Gasteiger partial charge in [-0.1, -0.05) is 0 Å². The van der Waals surface area contributed by atoms with Crippen molar-refractivity contribution in [2.45, 2.75) is 50.2 Å². The number of halogens is 8. The van der Waals surface area contributed by atoms with E-state index < -0.39 is 67.1 Å². The van der Waals surface area contributed by atoms with Crippen molar-refractivity contribution in [1.29, 1.82) is 0 Å². The van der Waals surface area contributed by atoms with E-state index in [-0.39, 0.29) is 4.68 Å². The van der Waals surface area contributed by atoms with E-state index in [1.54, 1.807) is 0 Å². The fourth-order valence-corrected chi connectivity index (χ4v) is 2.30. The van der Waals surface area contributed by atoms with Crippen molar-refractivity contribution in [3.05, 3.63) is 17.0 Å². The second-order valence-electron chi connectivity index (χ2n) is 4.90. The molecule has 0 bridgehead atoms. The van der Waals surface area contributed by atoms with Gasteiger partial charge in [-0.05, 0) is 6.42 Å². The van der Waals surface area contributed by atoms with Crippen LogP contribution < -0.4 is 0 Å². The zero-order chi connectivity index (χ0) is 16.9. The molecule has 11 heteroatoms. The van der Waals surface area contributed by atoms with E-state index in [0.717, 1.165) is 0 Å². The maximum atomic E-state index is 13.4. The van der Waals surface area contributed by atoms with Gasteiger partial charge in [0.05, 0.1) is 6.54 Å². The minimum absolute atomic E-state index is 0.285. The zero-order valence-corrected chi connectivity index (χ0v) is 10.7. The van der Waals surface area contributed by atoms with Crippen LogP contribution in [0, 0.1) is 0 Å². The van der Waals surface area contributed by atoms with Crippen molar-refractivity contribution in [1.82, 2.24) is 9.78 Å². The number of hydrogen-bond donors (Lipinski definition) is 1. The van der Waals surface area contributed by atoms with E-state index >= 15 is 0 Å². The van der Waals surface area contributed by atoms with Crippen LogP contribution in [-0.4, -0.2) is 33.4 Å². The number of aliphatic hydroxyl groups excluding tert-OH is 1. The lowest BCUT2D eigenvalue weighted by Crippen LogP contribution is -2.33. The Morgan fingerprint density at radius 1 is 1.27 bits per heavy atom. The number of hydrogen-bond acceptors (Lipinski definition) is 2. The van der Waals surface area contributed by atoms with E-state index in [1.165, 1.54) is 0 Å². The summed E-state index contributed by atoms with van der Waals surface area (Å²) in [6, 6.07) is 0. The normalized spacial score (nSPS) is 22.7. The predicted molar refractivity (Wildman–Crippen MR) is 56.4 cm³/mol. The molecule has 1 aliphatic rings. The molecule has 0 aromatic carbocycles. The number of nitrogens with zero attached hydrogens (tertiary/aromatic N) is 2. The quantitative estimate of drug-likeness (QED) is 0.860. The van der Waals surface area contributed by atoms with Crippen molar-refractivity contribution < 1.29 is 40.2 Å². The maximum absolute atomic E-state index is 13.4. The van der Waals surface area contributed by atoms with Gasteiger partial charge >= 0.3 is 6.18 Å². The Morgan fingerprint density at radius 2 is 1.86 bits per heavy atom. The Hall–Kier alpha value is -1.39. The second-order valence-corrected chi connectivity index (χ2v) is 4.90. The predicted octanol–water partition coefficient (Wildman–Crippen LogP) is 3.12. The van der Waals surface area contributed by atoms with Gasteiger partial charge in [-0.2, -0.15) is 18.3 Å². The first kappa shape index (κ1) is 17.0. The Morgan fingerprint density at radius 3 is 2.36 bits per heavy atom. The maximum Gasteiger partial charge on any atom is 0.435 e. The van der Waals surface area contributed by atoms with Gasteiger partial charge in [-0.25, -0.2) is 22.0 Å². The van der Waals surface area contributed by atoms with Gasteiger partial charge in [-0.3, -0.25) is 4.68 Å². The van der Waals surface area contributed by atoms with Crippen LogP contribution in [0.2, 0.25) is 0 Å². The van der Waals surface area contributed by atoms with E-state index in [4.69, 9.17) is 0 Å². The van der Waals surface area contributed by atoms with Crippen LogP contribution in [0.4, 0.5) is 35.1 Å². The van der Waals surface area contributed by atoms with Crippen LogP contribution in [0.25, 0.3) is 0 Å². The summed E-state index contributed by atoms with van der Waals surface area (Å²) in [5, 5.41) is 12.4. The molecule has 1 N–H and O–H groups in total. The molecule has 1 aromatic heterocycles. The SMILES string of the molecule is O[C@H]1c2c(C(F)(F)F)nn(CC(F)C(F)F)c2CCC1(F)F. The Bertz CT molecular complexity index is 553. The summed E-state index contributed by atoms with van der Waals surface area (Å²) in [5.74, 6) is -3.81. The smallest absolute Gasteiger partial charge is 0.382 e. The average molecular weight is 338 g/mol. The molecule has 1 unspecified atom stereocenters. The highest BCUT2D eigenvalue weighted by Gasteiger charge is 2.51. The molecule has 1 aliphatic carbocycles. The summed E-state index contributed by atoms with van der Waals surface area (Å²) in [6.45, 7) is -1.21. The van der Waals surface area contributed by atoms with Crippen molar-refractivity contribution in [2.24, 2.45) is 0 Å². The third-order valence-corrected chi connectivity index (χ3v) is 3.36. The summed E-state index contributed by atoms with van der Waals surface area (Å²) in [7, 11) is 0. The molecule has 126 valence electrons. The average Bonchev–Trinajstić information content (AvgIpc) is 2.73. The van der Waals surface area contributed by atoms with Crippen molar-refractivity contribution in [2.75, 3.05) is 0 Å². The van der Waals surface area contributed by atoms with Crippen LogP contribution in [0.15, 0.2) is 0 Å². The van der Waals surface area contributed by atoms with E-state index in [0.29, 0.717) is 0 Å². The molecule has 1 aromatic rings. The third kappa shape index (κ3) is 2.90. The molecule has 2 rings (SSSR count). The highest BCUT2D eigenvalue weighted by Crippen LogP contribution is 2.46. The molecule has 0 saturated heterocycles. The second kappa shape index (κ2) is 5.36. The van der Waals surface area contributed by atoms with Crippen LogP contribution in [0.3, 0.4) is 0 Å². The van der Waals surface area contributed by atoms with Crippen LogP contribution >= 0.6 is 0 Å². The lowest BCUT2D eigenvalue weighted by Gasteiger charge is -2.28. The fourth-order valence-electron chi connectivity index (χ4n) is 2.30. The summed E-state index contributed by atoms with van der Waals surface area (Å²) in [5.41, 5.74) is -3.49. The Labute approximate surface area is 118 Å². The lowest BCUT2D eigenvalue weighted by molar-refractivity contribution is -0.150. The Balaban J connectivity index is 2.52. The van der Waals surface area contributed by atoms with Gasteiger partial charge in [0, 0.05) is 17.7 Å². The monoisotopic (exact) mass is 338 g/mol. The number of aliphatic hydroxyl groups is 1. The molecular formula is C11H10F8N2O. The lowest BCUT2D eigenvalue weighted by atomic mass is 9.89. The topological polar surface area (TPSA) is 38.1 Å². The number of alkyl halides is 8. The Kier molecular flexibility index (Phi) is 4.13. The van der Waals surface area contributed by atoms with Gasteiger partial charge in [0.2, 0.25) is 0 Å². The van der Waals surface area contributed by atoms with E-state index in [9.17, 15) is 40.2 Å². The summed E-state index contributed by atoms with van der Waals surface area (Å²) in [6.07, 6.45) is -15.8. The van der Waals surface area contributed by atoms with Crippen LogP contribution in [0.1, 0.15) is 29.5 Å². The summed E-state index contributed by atoms with van der Waals surface area (Å²) < 4.78 is 103. The zero-order valence-electron chi connectivity index (χ0n) is 10.7. The molecule has 22 heavy (non-hydrogen) atoms. The highest BCUT2D eigenvalue weighted by atomic mass is 19.4. The number of rotatable bonds is 3. The molecule has 3 nitrogen and oxygen atoms in total. The van der Waals surface area contributed by atoms with Gasteiger partial charge < -0.3 is 5.11 Å². The highest BCUT2D eigenvalue weighted by molar-refractivity contribution is 5.35. The molecule has 0 spiro atoms. The minimum Gasteiger partial charge on any atom is -0.382 e. The van der Waals surface area contributed by atoms with Gasteiger partial charge in [0.1, 0.15) is 6.10 Å². The minimum atomic E-state index is -5.18. The fraction of sp³-hybridized carbons (Fsp3) is 0.727. The largest absolute Gasteiger partial charge is 0.435 e. The van der Waals surface area contributed by atoms with Crippen LogP contribution in [0.5, 0.6) is 0 Å². The standard InChI is InChI=1S/C11H10F8N2O/c12-4(9(13)14)3-21-5-1-2-10(15,16)8(22)6(5)7(20-21)11(17,18)19/h4,8-9,22H,1-3H2/t4?,8-/m0/s1. The molecular weight excluding hydrogens is 328 g/mol. The van der Waals surface area contributed by atoms with E-state index in [2.05, 4.69) is 5.10 Å². The molecule has 2 atom stereocenters. The van der Waals surface area contributed by atoms with Gasteiger partial charge in [-0.15, -0.1) is 0 Å². The molecule has 0 radical (unpaired) electrons. The number of aromatic nitrogens is 2. The molecule has 1 heterocycles. The molecule has 0 saturated carbocycles. The van der Waals surface area contributed by atoms with Gasteiger partial charge in [0.25, 0.3) is 12.3 Å². The summed E-state index contributed by atoms with van der Waals surface area (Å²) in [4.78, 5) is 0.